The summed E-state index contributed by atoms with van der Waals surface area (Å²) in [6.07, 6.45) is 0. The molecule has 9 nitrogen and oxygen atoms in total. The molecule has 0 saturated heterocycles. The molecular weight excluding hydrogens is 929 g/mol. The van der Waals surface area contributed by atoms with Crippen LogP contribution in [0.3, 0.4) is 0 Å². The lowest BCUT2D eigenvalue weighted by Crippen LogP contribution is -2.22. The first-order valence-corrected chi connectivity index (χ1v) is 25.5. The van der Waals surface area contributed by atoms with Crippen LogP contribution in [0.2, 0.25) is 0 Å². The van der Waals surface area contributed by atoms with Gasteiger partial charge in [0.2, 0.25) is 9.84 Å². The zero-order valence-corrected chi connectivity index (χ0v) is 42.3. The number of hydrogen-bond donors (Lipinski definition) is 0. The van der Waals surface area contributed by atoms with E-state index in [0.717, 1.165) is 44.7 Å². The van der Waals surface area contributed by atoms with E-state index in [0.29, 0.717) is 40.2 Å². The van der Waals surface area contributed by atoms with Crippen molar-refractivity contribution >= 4 is 20.9 Å². The number of aryl methyl sites for hydroxylation is 1. The van der Waals surface area contributed by atoms with Gasteiger partial charge in [0, 0.05) is 10.8 Å². The number of benzene rings is 9. The van der Waals surface area contributed by atoms with Gasteiger partial charge < -0.3 is 18.9 Å². The van der Waals surface area contributed by atoms with Gasteiger partial charge in [0.05, 0.1) is 39.3 Å². The molecule has 0 spiro atoms. The Morgan fingerprint density at radius 1 is 0.370 bits per heavy atom. The van der Waals surface area contributed by atoms with E-state index < -0.39 is 9.84 Å². The van der Waals surface area contributed by atoms with Crippen molar-refractivity contribution in [3.05, 3.63) is 257 Å². The molecule has 10 rings (SSSR count). The van der Waals surface area contributed by atoms with Crippen molar-refractivity contribution in [2.75, 3.05) is 7.11 Å². The van der Waals surface area contributed by atoms with E-state index in [1.807, 2.05) is 140 Å². The molecule has 1 heterocycles. The van der Waals surface area contributed by atoms with Gasteiger partial charge in [-0.05, 0) is 175 Å². The van der Waals surface area contributed by atoms with Gasteiger partial charge in [-0.15, -0.1) is 0 Å². The summed E-state index contributed by atoms with van der Waals surface area (Å²) in [6.45, 7) is 10.7. The fourth-order valence-corrected chi connectivity index (χ4v) is 10.3. The van der Waals surface area contributed by atoms with Crippen LogP contribution in [0, 0.1) is 6.92 Å². The van der Waals surface area contributed by atoms with Crippen LogP contribution in [0.25, 0.3) is 22.4 Å². The molecule has 0 aliphatic heterocycles. The minimum Gasteiger partial charge on any atom is -0.497 e. The molecule has 0 radical (unpaired) electrons. The van der Waals surface area contributed by atoms with Crippen molar-refractivity contribution in [2.24, 2.45) is 0 Å². The Hall–Kier alpha value is -8.60. The van der Waals surface area contributed by atoms with E-state index in [2.05, 4.69) is 64.1 Å². The van der Waals surface area contributed by atoms with Crippen molar-refractivity contribution in [1.29, 1.82) is 0 Å². The lowest BCUT2D eigenvalue weighted by atomic mass is 9.78. The summed E-state index contributed by atoms with van der Waals surface area (Å²) in [6, 6.07) is 68.5. The molecule has 0 aliphatic rings. The second-order valence-corrected chi connectivity index (χ2v) is 21.0. The SMILES string of the molecule is COc1ccc(C(C)(C)c2ccc(Oc3ccc(-n4c(=O)n(-c5ccc(Oc6ccc(C(C)(C)c7ccc(Oc8ccc(S(=O)(=O)c9ccc(C)cc9)cc8)cc7)cc6)cc5)c5ccccc54)cc3)cc2)cc1. The number of sulfone groups is 1. The van der Waals surface area contributed by atoms with Gasteiger partial charge >= 0.3 is 5.69 Å². The molecule has 0 amide bonds. The van der Waals surface area contributed by atoms with Crippen molar-refractivity contribution in [3.63, 3.8) is 0 Å². The van der Waals surface area contributed by atoms with Crippen LogP contribution < -0.4 is 24.6 Å². The molecule has 364 valence electrons. The van der Waals surface area contributed by atoms with Crippen LogP contribution in [0.4, 0.5) is 0 Å². The predicted octanol–water partition coefficient (Wildman–Crippen LogP) is 15.0. The van der Waals surface area contributed by atoms with E-state index in [1.54, 1.807) is 64.8 Å². The lowest BCUT2D eigenvalue weighted by molar-refractivity contribution is 0.414. The van der Waals surface area contributed by atoms with Crippen LogP contribution in [0.15, 0.2) is 233 Å². The van der Waals surface area contributed by atoms with Gasteiger partial charge in [-0.25, -0.2) is 13.2 Å². The molecular formula is C63H54N2O7S. The zero-order valence-electron chi connectivity index (χ0n) is 41.4. The highest BCUT2D eigenvalue weighted by atomic mass is 32.2. The minimum absolute atomic E-state index is 0.196. The number of hydrogen-bond acceptors (Lipinski definition) is 7. The van der Waals surface area contributed by atoms with E-state index in [-0.39, 0.29) is 26.3 Å². The maximum Gasteiger partial charge on any atom is 0.338 e. The molecule has 0 N–H and O–H groups in total. The highest BCUT2D eigenvalue weighted by Gasteiger charge is 2.25. The second kappa shape index (κ2) is 19.5. The number of para-hydroxylation sites is 2. The standard InChI is InChI=1S/C63H54N2O7S/c1-43-11-39-57(40-12-43)73(67,68)58-41-37-56(38-42-58)72-53-31-19-47(20-32-53)63(4,5)46-17-29-52(30-18-46)71-55-35-23-49(24-36-55)65-60-10-8-7-9-59(60)64(61(65)66)48-21-33-54(34-22-48)70-51-27-15-45(16-28-51)62(2,3)44-13-25-50(69-6)26-14-44/h7-42H,1-6H3. The van der Waals surface area contributed by atoms with Crippen molar-refractivity contribution in [3.8, 4) is 51.6 Å². The predicted molar refractivity (Wildman–Crippen MR) is 289 cm³/mol. The number of fused-ring (bicyclic) bond motifs is 1. The van der Waals surface area contributed by atoms with E-state index in [4.69, 9.17) is 18.9 Å². The summed E-state index contributed by atoms with van der Waals surface area (Å²) in [7, 11) is -1.96. The third-order valence-electron chi connectivity index (χ3n) is 13.6. The summed E-state index contributed by atoms with van der Waals surface area (Å²) in [4.78, 5) is 14.8. The topological polar surface area (TPSA) is 98.0 Å². The number of imidazole rings is 1. The van der Waals surface area contributed by atoms with E-state index in [1.165, 1.54) is 5.56 Å². The average molecular weight is 983 g/mol. The van der Waals surface area contributed by atoms with Gasteiger partial charge in [-0.3, -0.25) is 9.13 Å². The quantitative estimate of drug-likeness (QED) is 0.101. The van der Waals surface area contributed by atoms with Gasteiger partial charge in [-0.1, -0.05) is 106 Å². The fourth-order valence-electron chi connectivity index (χ4n) is 9.08. The maximum absolute atomic E-state index is 14.3. The van der Waals surface area contributed by atoms with Crippen molar-refractivity contribution < 1.29 is 27.4 Å². The third-order valence-corrected chi connectivity index (χ3v) is 15.4. The highest BCUT2D eigenvalue weighted by Crippen LogP contribution is 2.37. The molecule has 1 aromatic heterocycles. The summed E-state index contributed by atoms with van der Waals surface area (Å²) < 4.78 is 53.7. The van der Waals surface area contributed by atoms with E-state index >= 15 is 0 Å². The van der Waals surface area contributed by atoms with E-state index in [9.17, 15) is 13.2 Å². The first-order chi connectivity index (χ1) is 35.2. The number of ether oxygens (including phenoxy) is 4. The van der Waals surface area contributed by atoms with Crippen LogP contribution in [-0.2, 0) is 20.7 Å². The first kappa shape index (κ1) is 48.0. The van der Waals surface area contributed by atoms with Crippen LogP contribution >= 0.6 is 0 Å². The Morgan fingerprint density at radius 2 is 0.644 bits per heavy atom. The monoisotopic (exact) mass is 982 g/mol. The minimum atomic E-state index is -3.63. The molecule has 0 unspecified atom stereocenters. The van der Waals surface area contributed by atoms with Gasteiger partial charge in [-0.2, -0.15) is 0 Å². The molecule has 0 bridgehead atoms. The van der Waals surface area contributed by atoms with Crippen LogP contribution in [0.5, 0.6) is 40.2 Å². The largest absolute Gasteiger partial charge is 0.497 e. The Morgan fingerprint density at radius 3 is 0.959 bits per heavy atom. The maximum atomic E-state index is 14.3. The summed E-state index contributed by atoms with van der Waals surface area (Å²) in [5, 5.41) is 0. The summed E-state index contributed by atoms with van der Waals surface area (Å²) >= 11 is 0. The molecule has 10 aromatic rings. The summed E-state index contributed by atoms with van der Waals surface area (Å²) in [5.41, 5.74) is 7.78. The molecule has 9 aromatic carbocycles. The second-order valence-electron chi connectivity index (χ2n) is 19.1. The zero-order chi connectivity index (χ0) is 50.9. The number of methoxy groups -OCH3 is 1. The highest BCUT2D eigenvalue weighted by molar-refractivity contribution is 7.91. The van der Waals surface area contributed by atoms with Gasteiger partial charge in [0.1, 0.15) is 40.2 Å². The number of nitrogens with zero attached hydrogens (tertiary/aromatic N) is 2. The Kier molecular flexibility index (Phi) is 12.9. The Bertz CT molecular complexity index is 3710. The van der Waals surface area contributed by atoms with Crippen molar-refractivity contribution in [1.82, 2.24) is 9.13 Å². The normalized spacial score (nSPS) is 11.9. The third kappa shape index (κ3) is 9.77. The van der Waals surface area contributed by atoms with Crippen molar-refractivity contribution in [2.45, 2.75) is 55.2 Å². The Labute approximate surface area is 426 Å². The Balaban J connectivity index is 0.781. The number of aromatic nitrogens is 2. The lowest BCUT2D eigenvalue weighted by Gasteiger charge is -2.26. The molecule has 73 heavy (non-hydrogen) atoms. The average Bonchev–Trinajstić information content (AvgIpc) is 3.71. The first-order valence-electron chi connectivity index (χ1n) is 24.0. The number of rotatable bonds is 15. The fraction of sp³-hybridized carbons (Fsp3) is 0.127. The molecule has 10 heteroatoms. The van der Waals surface area contributed by atoms with Gasteiger partial charge in [0.15, 0.2) is 0 Å². The van der Waals surface area contributed by atoms with Gasteiger partial charge in [0.25, 0.3) is 0 Å². The smallest absolute Gasteiger partial charge is 0.338 e. The molecule has 0 fully saturated rings. The molecule has 0 saturated carbocycles. The summed E-state index contributed by atoms with van der Waals surface area (Å²) in [5.74, 6) is 4.70. The molecule has 0 atom stereocenters. The van der Waals surface area contributed by atoms with Crippen LogP contribution in [0.1, 0.15) is 55.5 Å². The molecule has 0 aliphatic carbocycles. The van der Waals surface area contributed by atoms with Crippen LogP contribution in [-0.4, -0.2) is 24.7 Å².